The second-order valence-electron chi connectivity index (χ2n) is 10.4. The molecule has 3 heterocycles. The number of benzene rings is 2. The van der Waals surface area contributed by atoms with Gasteiger partial charge in [0.15, 0.2) is 5.78 Å². The zero-order valence-corrected chi connectivity index (χ0v) is 21.3. The SMILES string of the molecule is O=C1C=C2C[C@@H](c3ccc(OCCN4CCCCCC4)cc3)OCC2=c2c(F)cc3c(c2C1)OCCC=3. The van der Waals surface area contributed by atoms with Crippen molar-refractivity contribution in [2.75, 3.05) is 39.5 Å². The molecule has 4 aliphatic rings. The van der Waals surface area contributed by atoms with Crippen LogP contribution in [-0.2, 0) is 16.0 Å². The molecule has 0 spiro atoms. The standard InChI is InChI=1S/C31H34FNO4/c32-28-17-22-6-5-14-36-31(22)26-19-24(34)16-23-18-29(37-20-27(23)30(26)28)21-7-9-25(10-8-21)35-15-13-33-11-3-1-2-4-12-33/h6-10,16-17,29H,1-5,11-15,18-20H2/t29-/m0/s1. The number of ether oxygens (including phenoxy) is 3. The molecule has 0 amide bonds. The van der Waals surface area contributed by atoms with Crippen LogP contribution in [0.25, 0.3) is 11.6 Å². The molecule has 0 aromatic heterocycles. The third-order valence-electron chi connectivity index (χ3n) is 7.92. The van der Waals surface area contributed by atoms with Crippen molar-refractivity contribution in [3.8, 4) is 11.5 Å². The number of hydrogen-bond donors (Lipinski definition) is 0. The third kappa shape index (κ3) is 5.23. The van der Waals surface area contributed by atoms with Gasteiger partial charge in [0.1, 0.15) is 23.9 Å². The molecular formula is C31H34FNO4. The number of nitrogens with zero attached hydrogens (tertiary/aromatic N) is 1. The minimum absolute atomic E-state index is 0.0259. The molecule has 2 aromatic rings. The molecule has 6 heteroatoms. The molecule has 1 aliphatic carbocycles. The molecule has 0 bridgehead atoms. The largest absolute Gasteiger partial charge is 0.492 e. The first-order valence-electron chi connectivity index (χ1n) is 13.6. The van der Waals surface area contributed by atoms with E-state index in [1.165, 1.54) is 44.8 Å². The number of ketones is 1. The van der Waals surface area contributed by atoms with Gasteiger partial charge in [-0.1, -0.05) is 31.1 Å². The van der Waals surface area contributed by atoms with Gasteiger partial charge in [-0.3, -0.25) is 9.69 Å². The molecule has 0 saturated carbocycles. The predicted molar refractivity (Wildman–Crippen MR) is 141 cm³/mol. The molecule has 37 heavy (non-hydrogen) atoms. The van der Waals surface area contributed by atoms with Crippen molar-refractivity contribution in [2.45, 2.75) is 51.0 Å². The molecule has 6 rings (SSSR count). The summed E-state index contributed by atoms with van der Waals surface area (Å²) in [5.74, 6) is 1.16. The monoisotopic (exact) mass is 503 g/mol. The third-order valence-corrected chi connectivity index (χ3v) is 7.92. The zero-order valence-electron chi connectivity index (χ0n) is 21.3. The highest BCUT2D eigenvalue weighted by Crippen LogP contribution is 2.36. The number of rotatable bonds is 5. The van der Waals surface area contributed by atoms with Gasteiger partial charge in [-0.05, 0) is 66.9 Å². The Kier molecular flexibility index (Phi) is 7.12. The number of hydrogen-bond acceptors (Lipinski definition) is 5. The van der Waals surface area contributed by atoms with Crippen LogP contribution in [0.4, 0.5) is 4.39 Å². The van der Waals surface area contributed by atoms with Crippen LogP contribution in [0, 0.1) is 5.82 Å². The van der Waals surface area contributed by atoms with E-state index in [4.69, 9.17) is 14.2 Å². The summed E-state index contributed by atoms with van der Waals surface area (Å²) >= 11 is 0. The topological polar surface area (TPSA) is 48.0 Å². The van der Waals surface area contributed by atoms with Crippen molar-refractivity contribution < 1.29 is 23.4 Å². The first kappa shape index (κ1) is 24.4. The van der Waals surface area contributed by atoms with Crippen LogP contribution < -0.4 is 19.9 Å². The number of allylic oxidation sites excluding steroid dienone is 1. The Morgan fingerprint density at radius 1 is 1.08 bits per heavy atom. The van der Waals surface area contributed by atoms with Crippen molar-refractivity contribution in [3.63, 3.8) is 0 Å². The van der Waals surface area contributed by atoms with Gasteiger partial charge in [-0.2, -0.15) is 0 Å². The number of likely N-dealkylation sites (tertiary alicyclic amines) is 1. The van der Waals surface area contributed by atoms with Crippen molar-refractivity contribution in [1.82, 2.24) is 4.90 Å². The van der Waals surface area contributed by atoms with Gasteiger partial charge in [0.05, 0.1) is 19.3 Å². The lowest BCUT2D eigenvalue weighted by molar-refractivity contribution is -0.114. The maximum absolute atomic E-state index is 15.3. The summed E-state index contributed by atoms with van der Waals surface area (Å²) in [6, 6.07) is 9.57. The second kappa shape index (κ2) is 10.8. The predicted octanol–water partition coefficient (Wildman–Crippen LogP) is 4.01. The normalized spacial score (nSPS) is 21.9. The summed E-state index contributed by atoms with van der Waals surface area (Å²) in [4.78, 5) is 15.4. The molecule has 2 fully saturated rings. The Bertz CT molecular complexity index is 1320. The molecule has 2 aromatic carbocycles. The maximum atomic E-state index is 15.3. The number of carbonyl (C=O) groups is 1. The van der Waals surface area contributed by atoms with E-state index in [-0.39, 0.29) is 30.7 Å². The molecular weight excluding hydrogens is 469 g/mol. The summed E-state index contributed by atoms with van der Waals surface area (Å²) in [7, 11) is 0. The first-order chi connectivity index (χ1) is 18.2. The van der Waals surface area contributed by atoms with Gasteiger partial charge in [-0.25, -0.2) is 4.39 Å². The van der Waals surface area contributed by atoms with Crippen LogP contribution in [0.1, 0.15) is 55.8 Å². The van der Waals surface area contributed by atoms with E-state index in [1.54, 1.807) is 6.08 Å². The summed E-state index contributed by atoms with van der Waals surface area (Å²) in [5, 5.41) is 1.22. The van der Waals surface area contributed by atoms with Gasteiger partial charge in [-0.15, -0.1) is 0 Å². The van der Waals surface area contributed by atoms with E-state index in [9.17, 15) is 4.79 Å². The molecule has 3 aliphatic heterocycles. The quantitative estimate of drug-likeness (QED) is 0.617. The summed E-state index contributed by atoms with van der Waals surface area (Å²) in [6.45, 7) is 4.78. The fraction of sp³-hybridized carbons (Fsp3) is 0.452. The molecule has 0 radical (unpaired) electrons. The van der Waals surface area contributed by atoms with E-state index >= 15 is 4.39 Å². The van der Waals surface area contributed by atoms with Crippen molar-refractivity contribution in [3.05, 3.63) is 69.4 Å². The van der Waals surface area contributed by atoms with E-state index in [2.05, 4.69) is 4.90 Å². The van der Waals surface area contributed by atoms with Crippen molar-refractivity contribution >= 4 is 17.4 Å². The zero-order chi connectivity index (χ0) is 25.2. The van der Waals surface area contributed by atoms with E-state index in [1.807, 2.05) is 30.3 Å². The van der Waals surface area contributed by atoms with E-state index in [0.29, 0.717) is 36.2 Å². The minimum Gasteiger partial charge on any atom is -0.492 e. The molecule has 2 saturated heterocycles. The highest BCUT2D eigenvalue weighted by Gasteiger charge is 2.29. The minimum atomic E-state index is -0.310. The van der Waals surface area contributed by atoms with Crippen molar-refractivity contribution in [2.24, 2.45) is 0 Å². The van der Waals surface area contributed by atoms with Crippen molar-refractivity contribution in [1.29, 1.82) is 0 Å². The summed E-state index contributed by atoms with van der Waals surface area (Å²) < 4.78 is 33.5. The lowest BCUT2D eigenvalue weighted by atomic mass is 9.91. The van der Waals surface area contributed by atoms with Crippen LogP contribution in [0.2, 0.25) is 0 Å². The first-order valence-corrected chi connectivity index (χ1v) is 13.6. The number of halogens is 1. The van der Waals surface area contributed by atoms with E-state index in [0.717, 1.165) is 40.6 Å². The van der Waals surface area contributed by atoms with Gasteiger partial charge in [0.2, 0.25) is 0 Å². The lowest BCUT2D eigenvalue weighted by Gasteiger charge is -2.28. The fourth-order valence-corrected chi connectivity index (χ4v) is 6.00. The number of carbonyl (C=O) groups excluding carboxylic acids is 1. The van der Waals surface area contributed by atoms with Gasteiger partial charge >= 0.3 is 0 Å². The fourth-order valence-electron chi connectivity index (χ4n) is 6.00. The van der Waals surface area contributed by atoms with Gasteiger partial charge in [0, 0.05) is 41.8 Å². The Labute approximate surface area is 217 Å². The van der Waals surface area contributed by atoms with Gasteiger partial charge < -0.3 is 14.2 Å². The Balaban J connectivity index is 1.18. The highest BCUT2D eigenvalue weighted by atomic mass is 19.1. The van der Waals surface area contributed by atoms with E-state index < -0.39 is 0 Å². The molecule has 194 valence electrons. The molecule has 1 atom stereocenters. The Morgan fingerprint density at radius 2 is 1.89 bits per heavy atom. The average Bonchev–Trinajstić information content (AvgIpc) is 3.26. The van der Waals surface area contributed by atoms with Crippen LogP contribution in [0.15, 0.2) is 42.0 Å². The Hall–Kier alpha value is -2.96. The van der Waals surface area contributed by atoms with Crippen LogP contribution >= 0.6 is 0 Å². The molecule has 0 N–H and O–H groups in total. The van der Waals surface area contributed by atoms with Gasteiger partial charge in [0.25, 0.3) is 0 Å². The Morgan fingerprint density at radius 3 is 2.70 bits per heavy atom. The second-order valence-corrected chi connectivity index (χ2v) is 10.4. The highest BCUT2D eigenvalue weighted by molar-refractivity contribution is 5.97. The molecule has 0 unspecified atom stereocenters. The smallest absolute Gasteiger partial charge is 0.160 e. The van der Waals surface area contributed by atoms with Crippen LogP contribution in [-0.4, -0.2) is 50.1 Å². The number of fused-ring (bicyclic) bond motifs is 4. The summed E-state index contributed by atoms with van der Waals surface area (Å²) in [6.07, 6.45) is 10.1. The molecule has 5 nitrogen and oxygen atoms in total. The lowest BCUT2D eigenvalue weighted by Crippen LogP contribution is -2.30. The van der Waals surface area contributed by atoms with Crippen LogP contribution in [0.3, 0.4) is 0 Å². The summed E-state index contributed by atoms with van der Waals surface area (Å²) in [5.41, 5.74) is 3.30. The average molecular weight is 504 g/mol. The van der Waals surface area contributed by atoms with Crippen LogP contribution in [0.5, 0.6) is 11.5 Å². The maximum Gasteiger partial charge on any atom is 0.160 e.